The van der Waals surface area contributed by atoms with Crippen LogP contribution >= 0.6 is 0 Å². The van der Waals surface area contributed by atoms with Gasteiger partial charge in [-0.05, 0) is 36.8 Å². The van der Waals surface area contributed by atoms with Gasteiger partial charge in [-0.2, -0.15) is 0 Å². The molecule has 0 spiro atoms. The van der Waals surface area contributed by atoms with Gasteiger partial charge < -0.3 is 15.2 Å². The number of aliphatic hydroxyl groups excluding tert-OH is 1. The van der Waals surface area contributed by atoms with E-state index in [-0.39, 0.29) is 31.3 Å². The van der Waals surface area contributed by atoms with Gasteiger partial charge in [0.2, 0.25) is 5.91 Å². The van der Waals surface area contributed by atoms with E-state index in [4.69, 9.17) is 4.74 Å². The molecule has 0 fully saturated rings. The predicted octanol–water partition coefficient (Wildman–Crippen LogP) is 2.23. The molecule has 0 aliphatic rings. The SMILES string of the molecule is Cc1ccc(CC(=O)NCC(O)COc2ccc(F)cc2)cc1. The van der Waals surface area contributed by atoms with Crippen LogP contribution in [-0.2, 0) is 11.2 Å². The maximum atomic E-state index is 12.7. The van der Waals surface area contributed by atoms with Crippen molar-refractivity contribution in [3.63, 3.8) is 0 Å². The number of hydrogen-bond acceptors (Lipinski definition) is 3. The third kappa shape index (κ3) is 6.08. The van der Waals surface area contributed by atoms with Crippen LogP contribution < -0.4 is 10.1 Å². The Bertz CT molecular complexity index is 626. The Morgan fingerprint density at radius 3 is 2.48 bits per heavy atom. The number of halogens is 1. The Kier molecular flexibility index (Phi) is 6.11. The molecule has 0 aliphatic heterocycles. The summed E-state index contributed by atoms with van der Waals surface area (Å²) in [6, 6.07) is 13.3. The number of benzene rings is 2. The number of rotatable bonds is 7. The van der Waals surface area contributed by atoms with Crippen LogP contribution in [0, 0.1) is 12.7 Å². The minimum absolute atomic E-state index is 0.0243. The largest absolute Gasteiger partial charge is 0.491 e. The number of hydrogen-bond donors (Lipinski definition) is 2. The van der Waals surface area contributed by atoms with Gasteiger partial charge in [0, 0.05) is 6.54 Å². The van der Waals surface area contributed by atoms with E-state index < -0.39 is 6.10 Å². The highest BCUT2D eigenvalue weighted by atomic mass is 19.1. The third-order valence-electron chi connectivity index (χ3n) is 3.28. The van der Waals surface area contributed by atoms with Crippen molar-refractivity contribution < 1.29 is 19.0 Å². The average Bonchev–Trinajstić information content (AvgIpc) is 2.54. The zero-order chi connectivity index (χ0) is 16.7. The van der Waals surface area contributed by atoms with Crippen LogP contribution in [0.25, 0.3) is 0 Å². The van der Waals surface area contributed by atoms with Crippen molar-refractivity contribution in [1.29, 1.82) is 0 Å². The topological polar surface area (TPSA) is 58.6 Å². The zero-order valence-electron chi connectivity index (χ0n) is 13.0. The maximum absolute atomic E-state index is 12.7. The number of amides is 1. The molecule has 2 N–H and O–H groups in total. The van der Waals surface area contributed by atoms with Gasteiger partial charge in [-0.15, -0.1) is 0 Å². The predicted molar refractivity (Wildman–Crippen MR) is 85.8 cm³/mol. The lowest BCUT2D eigenvalue weighted by molar-refractivity contribution is -0.121. The van der Waals surface area contributed by atoms with Crippen molar-refractivity contribution in [3.05, 3.63) is 65.5 Å². The van der Waals surface area contributed by atoms with E-state index in [0.29, 0.717) is 5.75 Å². The van der Waals surface area contributed by atoms with Crippen LogP contribution in [-0.4, -0.2) is 30.3 Å². The first-order chi connectivity index (χ1) is 11.0. The highest BCUT2D eigenvalue weighted by Gasteiger charge is 2.09. The highest BCUT2D eigenvalue weighted by molar-refractivity contribution is 5.78. The average molecular weight is 317 g/mol. The van der Waals surface area contributed by atoms with Crippen molar-refractivity contribution in [2.75, 3.05) is 13.2 Å². The van der Waals surface area contributed by atoms with E-state index in [9.17, 15) is 14.3 Å². The number of ether oxygens (including phenoxy) is 1. The molecular weight excluding hydrogens is 297 g/mol. The fourth-order valence-corrected chi connectivity index (χ4v) is 1.97. The molecule has 0 heterocycles. The van der Waals surface area contributed by atoms with E-state index >= 15 is 0 Å². The van der Waals surface area contributed by atoms with Gasteiger partial charge in [0.25, 0.3) is 0 Å². The second-order valence-corrected chi connectivity index (χ2v) is 5.39. The van der Waals surface area contributed by atoms with Crippen LogP contribution in [0.2, 0.25) is 0 Å². The summed E-state index contributed by atoms with van der Waals surface area (Å²) in [6.45, 7) is 2.11. The van der Waals surface area contributed by atoms with Gasteiger partial charge in [0.15, 0.2) is 0 Å². The van der Waals surface area contributed by atoms with Crippen molar-refractivity contribution in [2.24, 2.45) is 0 Å². The fraction of sp³-hybridized carbons (Fsp3) is 0.278. The summed E-state index contributed by atoms with van der Waals surface area (Å²) in [5.74, 6) is -0.0348. The summed E-state index contributed by atoms with van der Waals surface area (Å²) < 4.78 is 18.1. The van der Waals surface area contributed by atoms with Gasteiger partial charge in [-0.3, -0.25) is 4.79 Å². The van der Waals surface area contributed by atoms with E-state index in [1.165, 1.54) is 24.3 Å². The lowest BCUT2D eigenvalue weighted by Gasteiger charge is -2.13. The monoisotopic (exact) mass is 317 g/mol. The Balaban J connectivity index is 1.69. The molecule has 0 saturated heterocycles. The van der Waals surface area contributed by atoms with Gasteiger partial charge in [0.1, 0.15) is 24.3 Å². The maximum Gasteiger partial charge on any atom is 0.224 e. The Hall–Kier alpha value is -2.40. The molecule has 0 saturated carbocycles. The van der Waals surface area contributed by atoms with Gasteiger partial charge >= 0.3 is 0 Å². The van der Waals surface area contributed by atoms with Crippen molar-refractivity contribution in [2.45, 2.75) is 19.4 Å². The molecule has 0 aromatic heterocycles. The lowest BCUT2D eigenvalue weighted by atomic mass is 10.1. The van der Waals surface area contributed by atoms with Crippen molar-refractivity contribution in [1.82, 2.24) is 5.32 Å². The molecule has 122 valence electrons. The Morgan fingerprint density at radius 2 is 1.83 bits per heavy atom. The second kappa shape index (κ2) is 8.29. The zero-order valence-corrected chi connectivity index (χ0v) is 13.0. The van der Waals surface area contributed by atoms with Gasteiger partial charge in [-0.25, -0.2) is 4.39 Å². The van der Waals surface area contributed by atoms with E-state index in [2.05, 4.69) is 5.32 Å². The van der Waals surface area contributed by atoms with Crippen molar-refractivity contribution in [3.8, 4) is 5.75 Å². The minimum atomic E-state index is -0.831. The Morgan fingerprint density at radius 1 is 1.17 bits per heavy atom. The van der Waals surface area contributed by atoms with E-state index in [1.807, 2.05) is 31.2 Å². The molecule has 1 amide bonds. The Labute approximate surface area is 134 Å². The first-order valence-electron chi connectivity index (χ1n) is 7.41. The molecule has 2 rings (SSSR count). The molecule has 1 unspecified atom stereocenters. The summed E-state index contributed by atoms with van der Waals surface area (Å²) in [5, 5.41) is 12.5. The molecular formula is C18H20FNO3. The van der Waals surface area contributed by atoms with Crippen LogP contribution in [0.4, 0.5) is 4.39 Å². The first kappa shape index (κ1) is 17.0. The quantitative estimate of drug-likeness (QED) is 0.823. The highest BCUT2D eigenvalue weighted by Crippen LogP contribution is 2.11. The van der Waals surface area contributed by atoms with Crippen LogP contribution in [0.3, 0.4) is 0 Å². The molecule has 2 aromatic carbocycles. The smallest absolute Gasteiger partial charge is 0.224 e. The molecule has 5 heteroatoms. The standard InChI is InChI=1S/C18H20FNO3/c1-13-2-4-14(5-3-13)10-18(22)20-11-16(21)12-23-17-8-6-15(19)7-9-17/h2-9,16,21H,10-12H2,1H3,(H,20,22). The first-order valence-corrected chi connectivity index (χ1v) is 7.41. The number of aryl methyl sites for hydroxylation is 1. The normalized spacial score (nSPS) is 11.8. The molecule has 0 aliphatic carbocycles. The number of carbonyl (C=O) groups is 1. The van der Waals surface area contributed by atoms with Crippen LogP contribution in [0.1, 0.15) is 11.1 Å². The van der Waals surface area contributed by atoms with Gasteiger partial charge in [-0.1, -0.05) is 29.8 Å². The minimum Gasteiger partial charge on any atom is -0.491 e. The molecule has 4 nitrogen and oxygen atoms in total. The molecule has 2 aromatic rings. The summed E-state index contributed by atoms with van der Waals surface area (Å²) in [6.07, 6.45) is -0.562. The number of nitrogens with one attached hydrogen (secondary N) is 1. The summed E-state index contributed by atoms with van der Waals surface area (Å²) >= 11 is 0. The van der Waals surface area contributed by atoms with Crippen LogP contribution in [0.5, 0.6) is 5.75 Å². The molecule has 0 bridgehead atoms. The number of aliphatic hydroxyl groups is 1. The van der Waals surface area contributed by atoms with Crippen molar-refractivity contribution >= 4 is 5.91 Å². The summed E-state index contributed by atoms with van der Waals surface area (Å²) in [4.78, 5) is 11.8. The number of carbonyl (C=O) groups excluding carboxylic acids is 1. The molecule has 23 heavy (non-hydrogen) atoms. The summed E-state index contributed by atoms with van der Waals surface area (Å²) in [7, 11) is 0. The third-order valence-corrected chi connectivity index (χ3v) is 3.28. The lowest BCUT2D eigenvalue weighted by Crippen LogP contribution is -2.36. The molecule has 0 radical (unpaired) electrons. The van der Waals surface area contributed by atoms with E-state index in [1.54, 1.807) is 0 Å². The van der Waals surface area contributed by atoms with E-state index in [0.717, 1.165) is 11.1 Å². The summed E-state index contributed by atoms with van der Waals surface area (Å²) in [5.41, 5.74) is 2.06. The van der Waals surface area contributed by atoms with Crippen LogP contribution in [0.15, 0.2) is 48.5 Å². The van der Waals surface area contributed by atoms with Gasteiger partial charge in [0.05, 0.1) is 6.42 Å². The molecule has 1 atom stereocenters. The second-order valence-electron chi connectivity index (χ2n) is 5.39. The fourth-order valence-electron chi connectivity index (χ4n) is 1.97.